The number of halogens is 5. The molecule has 0 saturated carbocycles. The molecule has 1 fully saturated rings. The molecule has 1 amide bonds. The third kappa shape index (κ3) is 7.78. The standard InChI is InChI=1S/C26H26ClF4N5O2/c27-19-12-17(7-8-20(19)28)34-25-18-13-22(23(38-15-26(29,30)31)14-21(18)32-16-33-25)35-24(37)6-2-5-11-36-9-3-1-4-10-36/h2,6-8,12-14,16H,1,3-5,9-11,15H2,(H,35,37)(H,32,33,34). The Kier molecular flexibility index (Phi) is 9.01. The molecule has 202 valence electrons. The van der Waals surface area contributed by atoms with E-state index in [2.05, 4.69) is 25.5 Å². The van der Waals surface area contributed by atoms with Crippen molar-refractivity contribution < 1.29 is 27.1 Å². The molecular formula is C26H26ClF4N5O2. The zero-order valence-electron chi connectivity index (χ0n) is 20.3. The van der Waals surface area contributed by atoms with Gasteiger partial charge in [-0.3, -0.25) is 4.79 Å². The fraction of sp³-hybridized carbons (Fsp3) is 0.346. The number of amides is 1. The first-order chi connectivity index (χ1) is 18.2. The highest BCUT2D eigenvalue weighted by Crippen LogP contribution is 2.34. The Bertz CT molecular complexity index is 1310. The summed E-state index contributed by atoms with van der Waals surface area (Å²) < 4.78 is 57.2. The molecular weight excluding hydrogens is 526 g/mol. The van der Waals surface area contributed by atoms with E-state index in [9.17, 15) is 22.4 Å². The molecule has 2 heterocycles. The van der Waals surface area contributed by atoms with Crippen LogP contribution in [-0.2, 0) is 4.79 Å². The Morgan fingerprint density at radius 2 is 1.92 bits per heavy atom. The summed E-state index contributed by atoms with van der Waals surface area (Å²) in [6.45, 7) is 1.37. The van der Waals surface area contributed by atoms with E-state index < -0.39 is 24.5 Å². The summed E-state index contributed by atoms with van der Waals surface area (Å²) in [7, 11) is 0. The number of rotatable bonds is 9. The number of carbonyl (C=O) groups excluding carboxylic acids is 1. The molecule has 0 spiro atoms. The van der Waals surface area contributed by atoms with Gasteiger partial charge in [0.05, 0.1) is 16.2 Å². The lowest BCUT2D eigenvalue weighted by Crippen LogP contribution is -2.30. The van der Waals surface area contributed by atoms with Crippen molar-refractivity contribution in [3.63, 3.8) is 0 Å². The van der Waals surface area contributed by atoms with Gasteiger partial charge in [0.2, 0.25) is 5.91 Å². The van der Waals surface area contributed by atoms with Crippen molar-refractivity contribution in [3.05, 3.63) is 59.7 Å². The highest BCUT2D eigenvalue weighted by atomic mass is 35.5. The summed E-state index contributed by atoms with van der Waals surface area (Å²) >= 11 is 5.86. The number of hydrogen-bond donors (Lipinski definition) is 2. The van der Waals surface area contributed by atoms with Crippen LogP contribution in [0.5, 0.6) is 5.75 Å². The fourth-order valence-corrected chi connectivity index (χ4v) is 4.26. The zero-order chi connectivity index (χ0) is 27.1. The van der Waals surface area contributed by atoms with Crippen LogP contribution in [0.1, 0.15) is 25.7 Å². The van der Waals surface area contributed by atoms with Crippen molar-refractivity contribution in [1.82, 2.24) is 14.9 Å². The van der Waals surface area contributed by atoms with Crippen LogP contribution in [0.15, 0.2) is 48.8 Å². The van der Waals surface area contributed by atoms with Crippen LogP contribution in [0.25, 0.3) is 10.9 Å². The minimum Gasteiger partial charge on any atom is -0.482 e. The van der Waals surface area contributed by atoms with Crippen LogP contribution < -0.4 is 15.4 Å². The Balaban J connectivity index is 1.56. The minimum atomic E-state index is -4.58. The summed E-state index contributed by atoms with van der Waals surface area (Å²) in [6.07, 6.45) is 3.96. The number of fused-ring (bicyclic) bond motifs is 1. The largest absolute Gasteiger partial charge is 0.482 e. The van der Waals surface area contributed by atoms with Crippen molar-refractivity contribution in [1.29, 1.82) is 0 Å². The van der Waals surface area contributed by atoms with E-state index in [4.69, 9.17) is 16.3 Å². The highest BCUT2D eigenvalue weighted by Gasteiger charge is 2.29. The van der Waals surface area contributed by atoms with Crippen LogP contribution in [0, 0.1) is 5.82 Å². The van der Waals surface area contributed by atoms with Gasteiger partial charge in [-0.1, -0.05) is 24.1 Å². The zero-order valence-corrected chi connectivity index (χ0v) is 21.1. The molecule has 0 atom stereocenters. The van der Waals surface area contributed by atoms with Gasteiger partial charge >= 0.3 is 6.18 Å². The van der Waals surface area contributed by atoms with Crippen molar-refractivity contribution in [2.24, 2.45) is 0 Å². The maximum atomic E-state index is 13.5. The average Bonchev–Trinajstić information content (AvgIpc) is 2.88. The van der Waals surface area contributed by atoms with Crippen LogP contribution in [-0.4, -0.2) is 53.2 Å². The van der Waals surface area contributed by atoms with Gasteiger partial charge in [0, 0.05) is 23.7 Å². The molecule has 0 bridgehead atoms. The number of nitrogens with zero attached hydrogens (tertiary/aromatic N) is 3. The van der Waals surface area contributed by atoms with Gasteiger partial charge in [0.25, 0.3) is 0 Å². The Hall–Kier alpha value is -3.44. The average molecular weight is 552 g/mol. The summed E-state index contributed by atoms with van der Waals surface area (Å²) in [6, 6.07) is 6.71. The van der Waals surface area contributed by atoms with Crippen LogP contribution in [0.2, 0.25) is 5.02 Å². The van der Waals surface area contributed by atoms with Gasteiger partial charge in [-0.25, -0.2) is 14.4 Å². The predicted octanol–water partition coefficient (Wildman–Crippen LogP) is 6.48. The molecule has 0 aliphatic carbocycles. The van der Waals surface area contributed by atoms with Gasteiger partial charge in [0.1, 0.15) is 23.7 Å². The molecule has 1 aromatic heterocycles. The fourth-order valence-electron chi connectivity index (χ4n) is 4.08. The van der Waals surface area contributed by atoms with E-state index in [-0.39, 0.29) is 27.8 Å². The second-order valence-electron chi connectivity index (χ2n) is 8.83. The van der Waals surface area contributed by atoms with Crippen molar-refractivity contribution >= 4 is 45.6 Å². The molecule has 2 aromatic carbocycles. The number of alkyl halides is 3. The lowest BCUT2D eigenvalue weighted by molar-refractivity contribution is -0.153. The smallest absolute Gasteiger partial charge is 0.422 e. The molecule has 4 rings (SSSR count). The number of nitrogens with one attached hydrogen (secondary N) is 2. The number of benzene rings is 2. The second-order valence-corrected chi connectivity index (χ2v) is 9.24. The number of anilines is 3. The number of carbonyl (C=O) groups is 1. The van der Waals surface area contributed by atoms with Gasteiger partial charge in [0.15, 0.2) is 6.61 Å². The number of hydrogen-bond acceptors (Lipinski definition) is 6. The summed E-state index contributed by atoms with van der Waals surface area (Å²) in [5.74, 6) is -1.03. The van der Waals surface area contributed by atoms with E-state index in [0.717, 1.165) is 19.6 Å². The highest BCUT2D eigenvalue weighted by molar-refractivity contribution is 6.31. The second kappa shape index (κ2) is 12.4. The lowest BCUT2D eigenvalue weighted by Gasteiger charge is -2.25. The molecule has 1 saturated heterocycles. The molecule has 0 radical (unpaired) electrons. The van der Waals surface area contributed by atoms with E-state index in [1.54, 1.807) is 6.08 Å². The quantitative estimate of drug-likeness (QED) is 0.234. The lowest BCUT2D eigenvalue weighted by atomic mass is 10.1. The molecule has 3 aromatic rings. The molecule has 1 aliphatic heterocycles. The van der Waals surface area contributed by atoms with Gasteiger partial charge in [-0.2, -0.15) is 13.2 Å². The first-order valence-corrected chi connectivity index (χ1v) is 12.5. The monoisotopic (exact) mass is 551 g/mol. The van der Waals surface area contributed by atoms with E-state index in [1.165, 1.54) is 62.0 Å². The van der Waals surface area contributed by atoms with Crippen LogP contribution in [0.4, 0.5) is 34.8 Å². The van der Waals surface area contributed by atoms with E-state index in [0.29, 0.717) is 17.5 Å². The Morgan fingerprint density at radius 1 is 1.13 bits per heavy atom. The SMILES string of the molecule is O=C(C=CCCN1CCCCC1)Nc1cc2c(Nc3ccc(F)c(Cl)c3)ncnc2cc1OCC(F)(F)F. The maximum absolute atomic E-state index is 13.5. The molecule has 12 heteroatoms. The summed E-state index contributed by atoms with van der Waals surface area (Å²) in [5.41, 5.74) is 0.710. The number of piperidine rings is 1. The van der Waals surface area contributed by atoms with E-state index >= 15 is 0 Å². The van der Waals surface area contributed by atoms with Crippen LogP contribution >= 0.6 is 11.6 Å². The molecule has 1 aliphatic rings. The van der Waals surface area contributed by atoms with Gasteiger partial charge in [-0.15, -0.1) is 0 Å². The Labute approximate surface area is 221 Å². The topological polar surface area (TPSA) is 79.4 Å². The number of likely N-dealkylation sites (tertiary alicyclic amines) is 1. The molecule has 7 nitrogen and oxygen atoms in total. The molecule has 2 N–H and O–H groups in total. The molecule has 38 heavy (non-hydrogen) atoms. The maximum Gasteiger partial charge on any atom is 0.422 e. The first kappa shape index (κ1) is 27.6. The predicted molar refractivity (Wildman–Crippen MR) is 138 cm³/mol. The third-order valence-electron chi connectivity index (χ3n) is 5.90. The molecule has 0 unspecified atom stereocenters. The number of ether oxygens (including phenoxy) is 1. The first-order valence-electron chi connectivity index (χ1n) is 12.1. The van der Waals surface area contributed by atoms with Crippen LogP contribution in [0.3, 0.4) is 0 Å². The Morgan fingerprint density at radius 3 is 2.66 bits per heavy atom. The summed E-state index contributed by atoms with van der Waals surface area (Å²) in [4.78, 5) is 23.2. The number of aromatic nitrogens is 2. The minimum absolute atomic E-state index is 0.0161. The van der Waals surface area contributed by atoms with Crippen molar-refractivity contribution in [2.45, 2.75) is 31.9 Å². The van der Waals surface area contributed by atoms with Gasteiger partial charge in [-0.05, 0) is 62.7 Å². The van der Waals surface area contributed by atoms with Crippen molar-refractivity contribution in [3.8, 4) is 5.75 Å². The third-order valence-corrected chi connectivity index (χ3v) is 6.19. The van der Waals surface area contributed by atoms with Gasteiger partial charge < -0.3 is 20.3 Å². The van der Waals surface area contributed by atoms with E-state index in [1.807, 2.05) is 0 Å². The normalized spacial score (nSPS) is 14.7. The van der Waals surface area contributed by atoms with Crippen molar-refractivity contribution in [2.75, 3.05) is 36.9 Å². The summed E-state index contributed by atoms with van der Waals surface area (Å²) in [5, 5.41) is 5.87.